The second-order valence-corrected chi connectivity index (χ2v) is 7.53. The molecule has 3 rings (SSSR count). The Labute approximate surface area is 132 Å². The molecule has 2 aromatic rings. The van der Waals surface area contributed by atoms with Crippen molar-refractivity contribution in [2.75, 3.05) is 0 Å². The first-order chi connectivity index (χ1) is 10.2. The standard InChI is InChI=1S/C20H24O2/c1-12-10-14(6-8-16(12)21)20(5)11-19(3,4)15-7-9-17(22)13(2)18(15)20/h6-10,21-22H,11H2,1-5H3. The fourth-order valence-electron chi connectivity index (χ4n) is 4.29. The molecule has 0 radical (unpaired) electrons. The molecule has 116 valence electrons. The molecule has 0 saturated carbocycles. The van der Waals surface area contributed by atoms with Crippen molar-refractivity contribution in [3.63, 3.8) is 0 Å². The summed E-state index contributed by atoms with van der Waals surface area (Å²) in [6.07, 6.45) is 0.990. The largest absolute Gasteiger partial charge is 0.508 e. The lowest BCUT2D eigenvalue weighted by atomic mass is 9.73. The Kier molecular flexibility index (Phi) is 3.07. The second kappa shape index (κ2) is 4.52. The smallest absolute Gasteiger partial charge is 0.118 e. The van der Waals surface area contributed by atoms with E-state index in [1.54, 1.807) is 6.07 Å². The highest BCUT2D eigenvalue weighted by molar-refractivity contribution is 5.59. The fourth-order valence-corrected chi connectivity index (χ4v) is 4.29. The zero-order valence-corrected chi connectivity index (χ0v) is 14.0. The Balaban J connectivity index is 2.29. The maximum absolute atomic E-state index is 10.2. The van der Waals surface area contributed by atoms with Crippen LogP contribution in [0.5, 0.6) is 11.5 Å². The number of rotatable bonds is 1. The van der Waals surface area contributed by atoms with Crippen molar-refractivity contribution in [1.82, 2.24) is 0 Å². The number of fused-ring (bicyclic) bond motifs is 1. The van der Waals surface area contributed by atoms with Crippen molar-refractivity contribution in [1.29, 1.82) is 0 Å². The van der Waals surface area contributed by atoms with Gasteiger partial charge in [-0.3, -0.25) is 0 Å². The molecule has 1 unspecified atom stereocenters. The summed E-state index contributed by atoms with van der Waals surface area (Å²) in [4.78, 5) is 0. The van der Waals surface area contributed by atoms with Gasteiger partial charge in [-0.1, -0.05) is 39.0 Å². The molecule has 22 heavy (non-hydrogen) atoms. The van der Waals surface area contributed by atoms with Crippen molar-refractivity contribution in [2.24, 2.45) is 0 Å². The SMILES string of the molecule is Cc1cc(C2(C)CC(C)(C)c3ccc(O)c(C)c32)ccc1O. The summed E-state index contributed by atoms with van der Waals surface area (Å²) in [5.74, 6) is 0.690. The molecule has 0 heterocycles. The van der Waals surface area contributed by atoms with Crippen LogP contribution in [0.15, 0.2) is 30.3 Å². The van der Waals surface area contributed by atoms with Crippen molar-refractivity contribution in [3.05, 3.63) is 58.1 Å². The Hall–Kier alpha value is -1.96. The minimum absolute atomic E-state index is 0.0638. The predicted octanol–water partition coefficient (Wildman–Crippen LogP) is 4.70. The van der Waals surface area contributed by atoms with Crippen LogP contribution in [0.25, 0.3) is 0 Å². The van der Waals surface area contributed by atoms with Crippen LogP contribution in [0.1, 0.15) is 55.0 Å². The van der Waals surface area contributed by atoms with Crippen LogP contribution in [-0.2, 0) is 10.8 Å². The average molecular weight is 296 g/mol. The Bertz CT molecular complexity index is 759. The number of aryl methyl sites for hydroxylation is 1. The van der Waals surface area contributed by atoms with Gasteiger partial charge in [-0.05, 0) is 65.6 Å². The maximum atomic E-state index is 10.2. The summed E-state index contributed by atoms with van der Waals surface area (Å²) in [5.41, 5.74) is 5.52. The summed E-state index contributed by atoms with van der Waals surface area (Å²) < 4.78 is 0. The van der Waals surface area contributed by atoms with Crippen molar-refractivity contribution < 1.29 is 10.2 Å². The molecule has 0 saturated heterocycles. The van der Waals surface area contributed by atoms with Crippen LogP contribution < -0.4 is 0 Å². The van der Waals surface area contributed by atoms with E-state index in [-0.39, 0.29) is 10.8 Å². The van der Waals surface area contributed by atoms with E-state index in [9.17, 15) is 10.2 Å². The third-order valence-electron chi connectivity index (χ3n) is 5.35. The molecule has 2 N–H and O–H groups in total. The van der Waals surface area contributed by atoms with E-state index in [4.69, 9.17) is 0 Å². The summed E-state index contributed by atoms with van der Waals surface area (Å²) in [6, 6.07) is 9.74. The van der Waals surface area contributed by atoms with Gasteiger partial charge in [-0.15, -0.1) is 0 Å². The van der Waals surface area contributed by atoms with Gasteiger partial charge in [0.15, 0.2) is 0 Å². The molecular formula is C20H24O2. The number of phenolic OH excluding ortho intramolecular Hbond substituents is 2. The Morgan fingerprint density at radius 2 is 1.55 bits per heavy atom. The first-order valence-corrected chi connectivity index (χ1v) is 7.80. The molecule has 0 fully saturated rings. The summed E-state index contributed by atoms with van der Waals surface area (Å²) >= 11 is 0. The summed E-state index contributed by atoms with van der Waals surface area (Å²) in [7, 11) is 0. The molecule has 1 atom stereocenters. The van der Waals surface area contributed by atoms with Crippen LogP contribution >= 0.6 is 0 Å². The number of hydrogen-bond acceptors (Lipinski definition) is 2. The highest BCUT2D eigenvalue weighted by atomic mass is 16.3. The summed E-state index contributed by atoms with van der Waals surface area (Å²) in [5, 5.41) is 20.0. The molecular weight excluding hydrogens is 272 g/mol. The normalized spacial score (nSPS) is 22.6. The average Bonchev–Trinajstić information content (AvgIpc) is 2.65. The van der Waals surface area contributed by atoms with Crippen LogP contribution in [0.3, 0.4) is 0 Å². The molecule has 2 heteroatoms. The van der Waals surface area contributed by atoms with Gasteiger partial charge in [0.05, 0.1) is 0 Å². The van der Waals surface area contributed by atoms with Crippen molar-refractivity contribution >= 4 is 0 Å². The van der Waals surface area contributed by atoms with E-state index in [1.165, 1.54) is 16.7 Å². The number of phenols is 2. The quantitative estimate of drug-likeness (QED) is 0.800. The van der Waals surface area contributed by atoms with Crippen molar-refractivity contribution in [2.45, 2.75) is 51.9 Å². The molecule has 1 aliphatic carbocycles. The Morgan fingerprint density at radius 1 is 0.909 bits per heavy atom. The van der Waals surface area contributed by atoms with Crippen LogP contribution in [-0.4, -0.2) is 10.2 Å². The molecule has 0 aliphatic heterocycles. The molecule has 0 spiro atoms. The maximum Gasteiger partial charge on any atom is 0.118 e. The lowest BCUT2D eigenvalue weighted by molar-refractivity contribution is 0.422. The van der Waals surface area contributed by atoms with E-state index >= 15 is 0 Å². The fraction of sp³-hybridized carbons (Fsp3) is 0.400. The van der Waals surface area contributed by atoms with E-state index in [2.05, 4.69) is 32.9 Å². The minimum atomic E-state index is -0.153. The number of benzene rings is 2. The van der Waals surface area contributed by atoms with Crippen molar-refractivity contribution in [3.8, 4) is 11.5 Å². The van der Waals surface area contributed by atoms with Gasteiger partial charge in [-0.2, -0.15) is 0 Å². The van der Waals surface area contributed by atoms with Gasteiger partial charge in [0.1, 0.15) is 11.5 Å². The predicted molar refractivity (Wildman–Crippen MR) is 89.8 cm³/mol. The van der Waals surface area contributed by atoms with E-state index in [1.807, 2.05) is 26.0 Å². The molecule has 0 aromatic heterocycles. The third-order valence-corrected chi connectivity index (χ3v) is 5.35. The molecule has 0 amide bonds. The highest BCUT2D eigenvalue weighted by Crippen LogP contribution is 2.55. The van der Waals surface area contributed by atoms with Gasteiger partial charge in [-0.25, -0.2) is 0 Å². The van der Waals surface area contributed by atoms with Gasteiger partial charge < -0.3 is 10.2 Å². The van der Waals surface area contributed by atoms with Crippen LogP contribution in [0, 0.1) is 13.8 Å². The first kappa shape index (κ1) is 15.0. The molecule has 2 aromatic carbocycles. The van der Waals surface area contributed by atoms with Crippen LogP contribution in [0.4, 0.5) is 0 Å². The minimum Gasteiger partial charge on any atom is -0.508 e. The van der Waals surface area contributed by atoms with Gasteiger partial charge >= 0.3 is 0 Å². The zero-order chi connectivity index (χ0) is 16.3. The highest BCUT2D eigenvalue weighted by Gasteiger charge is 2.47. The molecule has 2 nitrogen and oxygen atoms in total. The van der Waals surface area contributed by atoms with Gasteiger partial charge in [0, 0.05) is 5.41 Å². The zero-order valence-electron chi connectivity index (χ0n) is 14.0. The van der Waals surface area contributed by atoms with E-state index in [0.29, 0.717) is 11.5 Å². The second-order valence-electron chi connectivity index (χ2n) is 7.53. The number of hydrogen-bond donors (Lipinski definition) is 2. The monoisotopic (exact) mass is 296 g/mol. The summed E-state index contributed by atoms with van der Waals surface area (Å²) in [6.45, 7) is 10.7. The molecule has 0 bridgehead atoms. The third kappa shape index (κ3) is 1.93. The number of aromatic hydroxyl groups is 2. The van der Waals surface area contributed by atoms with E-state index < -0.39 is 0 Å². The Morgan fingerprint density at radius 3 is 2.18 bits per heavy atom. The van der Waals surface area contributed by atoms with Crippen LogP contribution in [0.2, 0.25) is 0 Å². The topological polar surface area (TPSA) is 40.5 Å². The first-order valence-electron chi connectivity index (χ1n) is 7.80. The van der Waals surface area contributed by atoms with E-state index in [0.717, 1.165) is 17.5 Å². The lowest BCUT2D eigenvalue weighted by Crippen LogP contribution is -2.24. The van der Waals surface area contributed by atoms with Gasteiger partial charge in [0.25, 0.3) is 0 Å². The lowest BCUT2D eigenvalue weighted by Gasteiger charge is -2.30. The molecule has 1 aliphatic rings. The van der Waals surface area contributed by atoms with Gasteiger partial charge in [0.2, 0.25) is 0 Å².